The Bertz CT molecular complexity index is 720. The molecule has 0 unspecified atom stereocenters. The van der Waals surface area contributed by atoms with Crippen LogP contribution in [0.1, 0.15) is 19.3 Å². The maximum atomic E-state index is 12.9. The van der Waals surface area contributed by atoms with Crippen LogP contribution in [0.2, 0.25) is 19.6 Å². The summed E-state index contributed by atoms with van der Waals surface area (Å²) in [4.78, 5) is 0.906. The Balaban J connectivity index is 2.61. The second-order valence-corrected chi connectivity index (χ2v) is 13.7. The van der Waals surface area contributed by atoms with Gasteiger partial charge in [0.05, 0.1) is 17.9 Å². The van der Waals surface area contributed by atoms with E-state index in [9.17, 15) is 8.42 Å². The topological polar surface area (TPSA) is 34.1 Å². The molecule has 0 N–H and O–H groups in total. The quantitative estimate of drug-likeness (QED) is 0.736. The van der Waals surface area contributed by atoms with Gasteiger partial charge in [0, 0.05) is 0 Å². The molecular weight excluding hydrogens is 308 g/mol. The van der Waals surface area contributed by atoms with Crippen LogP contribution in [0.25, 0.3) is 0 Å². The van der Waals surface area contributed by atoms with E-state index in [1.54, 1.807) is 30.3 Å². The number of hydrogen-bond donors (Lipinski definition) is 0. The summed E-state index contributed by atoms with van der Waals surface area (Å²) in [5.74, 6) is 0. The number of hydrogen-bond acceptors (Lipinski definition) is 2. The largest absolute Gasteiger partial charge is 0.219 e. The van der Waals surface area contributed by atoms with Crippen molar-refractivity contribution in [1.29, 1.82) is 0 Å². The van der Waals surface area contributed by atoms with E-state index in [-0.39, 0.29) is 0 Å². The first-order valence-electron chi connectivity index (χ1n) is 7.63. The molecule has 0 aromatic heterocycles. The van der Waals surface area contributed by atoms with Crippen molar-refractivity contribution in [3.8, 4) is 0 Å². The lowest BCUT2D eigenvalue weighted by Crippen LogP contribution is -2.19. The van der Waals surface area contributed by atoms with Gasteiger partial charge in [0.2, 0.25) is 9.84 Å². The number of sulfone groups is 1. The first-order chi connectivity index (χ1) is 10.3. The summed E-state index contributed by atoms with van der Waals surface area (Å²) >= 11 is 0. The van der Waals surface area contributed by atoms with Gasteiger partial charge in [0.1, 0.15) is 0 Å². The minimum Gasteiger partial charge on any atom is -0.219 e. The summed E-state index contributed by atoms with van der Waals surface area (Å²) in [5.41, 5.74) is 4.30. The molecule has 22 heavy (non-hydrogen) atoms. The summed E-state index contributed by atoms with van der Waals surface area (Å²) < 4.78 is 25.9. The van der Waals surface area contributed by atoms with Crippen molar-refractivity contribution >= 4 is 17.9 Å². The molecule has 1 aliphatic carbocycles. The van der Waals surface area contributed by atoms with Crippen LogP contribution in [0.15, 0.2) is 69.6 Å². The number of benzene rings is 1. The van der Waals surface area contributed by atoms with Gasteiger partial charge in [-0.1, -0.05) is 56.2 Å². The Hall–Kier alpha value is -1.39. The third kappa shape index (κ3) is 3.68. The monoisotopic (exact) mass is 332 g/mol. The van der Waals surface area contributed by atoms with Gasteiger partial charge < -0.3 is 0 Å². The Morgan fingerprint density at radius 2 is 1.73 bits per heavy atom. The van der Waals surface area contributed by atoms with E-state index in [1.807, 2.05) is 6.07 Å². The fraction of sp³-hybridized carbons (Fsp3) is 0.333. The number of rotatable bonds is 4. The third-order valence-electron chi connectivity index (χ3n) is 3.69. The molecule has 1 aromatic carbocycles. The number of allylic oxidation sites excluding steroid dienone is 4. The molecule has 2 nitrogen and oxygen atoms in total. The third-order valence-corrected chi connectivity index (χ3v) is 6.87. The van der Waals surface area contributed by atoms with Crippen LogP contribution in [0.3, 0.4) is 0 Å². The van der Waals surface area contributed by atoms with Crippen LogP contribution < -0.4 is 0 Å². The smallest absolute Gasteiger partial charge is 0.203 e. The van der Waals surface area contributed by atoms with Crippen molar-refractivity contribution in [1.82, 2.24) is 0 Å². The minimum atomic E-state index is -3.43. The highest BCUT2D eigenvalue weighted by atomic mass is 32.2. The highest BCUT2D eigenvalue weighted by Crippen LogP contribution is 2.36. The van der Waals surface area contributed by atoms with E-state index in [2.05, 4.69) is 31.9 Å². The van der Waals surface area contributed by atoms with Crippen molar-refractivity contribution in [2.45, 2.75) is 43.8 Å². The molecule has 0 spiro atoms. The maximum absolute atomic E-state index is 12.9. The van der Waals surface area contributed by atoms with Gasteiger partial charge in [-0.05, 0) is 42.5 Å². The van der Waals surface area contributed by atoms with Crippen LogP contribution in [-0.2, 0) is 9.84 Å². The average Bonchev–Trinajstić information content (AvgIpc) is 2.46. The van der Waals surface area contributed by atoms with E-state index in [1.165, 1.54) is 0 Å². The second-order valence-electron chi connectivity index (χ2n) is 6.75. The van der Waals surface area contributed by atoms with Gasteiger partial charge in [-0.25, -0.2) is 8.42 Å². The second kappa shape index (κ2) is 6.38. The molecule has 1 aromatic rings. The standard InChI is InChI=1S/C18H24O2SSi/c1-5-17-15(14-22(2,3)4)10-9-13-18(17)21(19,20)16-11-7-6-8-12-16/h5-8,11-12,14H,1,9-10,13H2,2-4H3/b15-14+. The molecule has 0 atom stereocenters. The summed E-state index contributed by atoms with van der Waals surface area (Å²) in [6.07, 6.45) is 4.15. The molecule has 1 aliphatic rings. The van der Waals surface area contributed by atoms with E-state index in [0.717, 1.165) is 24.0 Å². The van der Waals surface area contributed by atoms with Gasteiger partial charge in [0.15, 0.2) is 0 Å². The van der Waals surface area contributed by atoms with Crippen LogP contribution >= 0.6 is 0 Å². The fourth-order valence-corrected chi connectivity index (χ4v) is 5.89. The lowest BCUT2D eigenvalue weighted by molar-refractivity contribution is 0.597. The van der Waals surface area contributed by atoms with Crippen LogP contribution in [-0.4, -0.2) is 16.5 Å². The maximum Gasteiger partial charge on any atom is 0.203 e. The highest BCUT2D eigenvalue weighted by molar-refractivity contribution is 7.95. The zero-order chi connectivity index (χ0) is 16.4. The van der Waals surface area contributed by atoms with Crippen molar-refractivity contribution in [2.24, 2.45) is 0 Å². The molecule has 0 bridgehead atoms. The van der Waals surface area contributed by atoms with Gasteiger partial charge in [0.25, 0.3) is 0 Å². The summed E-state index contributed by atoms with van der Waals surface area (Å²) in [7, 11) is -4.84. The highest BCUT2D eigenvalue weighted by Gasteiger charge is 2.28. The Labute approximate surface area is 135 Å². The van der Waals surface area contributed by atoms with Gasteiger partial charge in [-0.15, -0.1) is 0 Å². The molecule has 0 saturated carbocycles. The SMILES string of the molecule is C=CC1=C(S(=O)(=O)c2ccccc2)CCC/C1=C\[Si](C)(C)C. The first-order valence-corrected chi connectivity index (χ1v) is 12.7. The zero-order valence-corrected chi connectivity index (χ0v) is 15.4. The normalized spacial score (nSPS) is 18.6. The lowest BCUT2D eigenvalue weighted by atomic mass is 9.95. The molecule has 0 amide bonds. The average molecular weight is 333 g/mol. The van der Waals surface area contributed by atoms with Crippen molar-refractivity contribution < 1.29 is 8.42 Å². The molecule has 2 rings (SSSR count). The molecule has 0 radical (unpaired) electrons. The first kappa shape index (κ1) is 17.0. The molecule has 4 heteroatoms. The fourth-order valence-electron chi connectivity index (χ4n) is 2.83. The Morgan fingerprint density at radius 3 is 2.27 bits per heavy atom. The van der Waals surface area contributed by atoms with Crippen LogP contribution in [0.4, 0.5) is 0 Å². The van der Waals surface area contributed by atoms with Gasteiger partial charge >= 0.3 is 0 Å². The molecule has 0 saturated heterocycles. The van der Waals surface area contributed by atoms with E-state index < -0.39 is 17.9 Å². The van der Waals surface area contributed by atoms with Crippen molar-refractivity contribution in [3.63, 3.8) is 0 Å². The van der Waals surface area contributed by atoms with Crippen LogP contribution in [0, 0.1) is 0 Å². The van der Waals surface area contributed by atoms with Crippen LogP contribution in [0.5, 0.6) is 0 Å². The Kier molecular flexibility index (Phi) is 4.92. The molecule has 0 aliphatic heterocycles. The van der Waals surface area contributed by atoms with Gasteiger partial charge in [-0.3, -0.25) is 0 Å². The van der Waals surface area contributed by atoms with Gasteiger partial charge in [-0.2, -0.15) is 0 Å². The molecule has 0 fully saturated rings. The van der Waals surface area contributed by atoms with Crippen molar-refractivity contribution in [2.75, 3.05) is 0 Å². The predicted octanol–water partition coefficient (Wildman–Crippen LogP) is 4.89. The summed E-state index contributed by atoms with van der Waals surface area (Å²) in [6, 6.07) is 8.70. The predicted molar refractivity (Wildman–Crippen MR) is 96.1 cm³/mol. The zero-order valence-electron chi connectivity index (χ0n) is 13.6. The molecular formula is C18H24O2SSi. The van der Waals surface area contributed by atoms with E-state index in [4.69, 9.17) is 0 Å². The lowest BCUT2D eigenvalue weighted by Gasteiger charge is -2.23. The van der Waals surface area contributed by atoms with E-state index >= 15 is 0 Å². The summed E-state index contributed by atoms with van der Waals surface area (Å²) in [6.45, 7) is 10.7. The van der Waals surface area contributed by atoms with Crippen molar-refractivity contribution in [3.05, 3.63) is 64.7 Å². The Morgan fingerprint density at radius 1 is 1.09 bits per heavy atom. The molecule has 0 heterocycles. The minimum absolute atomic E-state index is 0.374. The summed E-state index contributed by atoms with van der Waals surface area (Å²) in [5, 5.41) is 0. The molecule has 118 valence electrons. The van der Waals surface area contributed by atoms with E-state index in [0.29, 0.717) is 16.2 Å².